The van der Waals surface area contributed by atoms with Crippen molar-refractivity contribution < 1.29 is 14.9 Å². The Morgan fingerprint density at radius 1 is 1.38 bits per heavy atom. The average Bonchev–Trinajstić information content (AvgIpc) is 2.80. The van der Waals surface area contributed by atoms with Gasteiger partial charge < -0.3 is 19.9 Å². The van der Waals surface area contributed by atoms with Gasteiger partial charge in [-0.2, -0.15) is 0 Å². The van der Waals surface area contributed by atoms with Gasteiger partial charge in [0.05, 0.1) is 17.1 Å². The zero-order valence-corrected chi connectivity index (χ0v) is 13.9. The molecule has 5 heteroatoms. The van der Waals surface area contributed by atoms with Gasteiger partial charge in [-0.1, -0.05) is 36.4 Å². The lowest BCUT2D eigenvalue weighted by molar-refractivity contribution is -0.0363. The second-order valence-electron chi connectivity index (χ2n) is 6.42. The highest BCUT2D eigenvalue weighted by atomic mass is 16.6. The molecular formula is C19H21NO4. The maximum absolute atomic E-state index is 12.5. The lowest BCUT2D eigenvalue weighted by Crippen LogP contribution is -2.37. The minimum absolute atomic E-state index is 0.307. The Morgan fingerprint density at radius 3 is 2.67 bits per heavy atom. The predicted molar refractivity (Wildman–Crippen MR) is 91.9 cm³/mol. The number of hydrogen-bond acceptors (Lipinski definition) is 4. The van der Waals surface area contributed by atoms with Crippen LogP contribution in [0.15, 0.2) is 53.0 Å². The minimum atomic E-state index is -1.20. The standard InChI is InChI=1S/C19H21NO4/c1-11(12(2)21)9-19(3)15-16(24-18(19)23)14(10-20-17(15)22)13-7-5-4-6-8-13/h4-10,12,18,21,23H,1-3H3,(H,20,22)/b11-9+. The average molecular weight is 327 g/mol. The number of hydrogen-bond donors (Lipinski definition) is 3. The van der Waals surface area contributed by atoms with E-state index in [1.165, 1.54) is 0 Å². The number of ether oxygens (including phenoxy) is 1. The zero-order chi connectivity index (χ0) is 17.5. The number of H-pyrrole nitrogens is 1. The largest absolute Gasteiger partial charge is 0.463 e. The van der Waals surface area contributed by atoms with E-state index in [2.05, 4.69) is 4.98 Å². The van der Waals surface area contributed by atoms with Crippen LogP contribution in [-0.4, -0.2) is 27.6 Å². The van der Waals surface area contributed by atoms with Gasteiger partial charge in [-0.05, 0) is 31.9 Å². The maximum Gasteiger partial charge on any atom is 0.256 e. The van der Waals surface area contributed by atoms with E-state index in [4.69, 9.17) is 4.74 Å². The number of nitrogens with one attached hydrogen (secondary N) is 1. The molecule has 1 aromatic carbocycles. The zero-order valence-electron chi connectivity index (χ0n) is 13.9. The Balaban J connectivity index is 2.23. The Hall–Kier alpha value is -2.37. The summed E-state index contributed by atoms with van der Waals surface area (Å²) in [6, 6.07) is 9.53. The van der Waals surface area contributed by atoms with Crippen LogP contribution in [0.1, 0.15) is 26.3 Å². The summed E-state index contributed by atoms with van der Waals surface area (Å²) in [5.74, 6) is 0.384. The fourth-order valence-corrected chi connectivity index (χ4v) is 3.05. The molecule has 2 heterocycles. The second-order valence-corrected chi connectivity index (χ2v) is 6.42. The third-order valence-electron chi connectivity index (χ3n) is 4.60. The summed E-state index contributed by atoms with van der Waals surface area (Å²) in [6.45, 7) is 5.14. The summed E-state index contributed by atoms with van der Waals surface area (Å²) in [5, 5.41) is 20.2. The molecule has 24 heavy (non-hydrogen) atoms. The molecule has 3 N–H and O–H groups in total. The van der Waals surface area contributed by atoms with E-state index in [9.17, 15) is 15.0 Å². The van der Waals surface area contributed by atoms with Crippen LogP contribution >= 0.6 is 0 Å². The topological polar surface area (TPSA) is 82.6 Å². The summed E-state index contributed by atoms with van der Waals surface area (Å²) in [5.41, 5.74) is 1.30. The third-order valence-corrected chi connectivity index (χ3v) is 4.60. The van der Waals surface area contributed by atoms with Crippen LogP contribution < -0.4 is 10.3 Å². The highest BCUT2D eigenvalue weighted by Crippen LogP contribution is 2.46. The molecule has 0 radical (unpaired) electrons. The van der Waals surface area contributed by atoms with Gasteiger partial charge in [0.2, 0.25) is 6.29 Å². The fourth-order valence-electron chi connectivity index (χ4n) is 3.05. The number of aliphatic hydroxyl groups excluding tert-OH is 2. The van der Waals surface area contributed by atoms with Gasteiger partial charge in [-0.15, -0.1) is 0 Å². The molecule has 0 saturated heterocycles. The molecule has 0 spiro atoms. The maximum atomic E-state index is 12.5. The molecule has 1 aliphatic heterocycles. The van der Waals surface area contributed by atoms with E-state index in [0.717, 1.165) is 11.1 Å². The van der Waals surface area contributed by atoms with Gasteiger partial charge in [0.1, 0.15) is 5.75 Å². The molecule has 0 bridgehead atoms. The minimum Gasteiger partial charge on any atom is -0.463 e. The molecule has 0 saturated carbocycles. The molecule has 0 aliphatic carbocycles. The van der Waals surface area contributed by atoms with Gasteiger partial charge in [-0.25, -0.2) is 0 Å². The highest BCUT2D eigenvalue weighted by Gasteiger charge is 2.46. The van der Waals surface area contributed by atoms with E-state index in [1.54, 1.807) is 33.0 Å². The number of pyridine rings is 1. The predicted octanol–water partition coefficient (Wildman–Crippen LogP) is 2.34. The van der Waals surface area contributed by atoms with Crippen LogP contribution in [0, 0.1) is 0 Å². The Morgan fingerprint density at radius 2 is 2.04 bits per heavy atom. The van der Waals surface area contributed by atoms with Crippen LogP contribution in [0.4, 0.5) is 0 Å². The molecule has 126 valence electrons. The molecule has 0 fully saturated rings. The lowest BCUT2D eigenvalue weighted by atomic mass is 9.81. The molecule has 3 rings (SSSR count). The number of fused-ring (bicyclic) bond motifs is 1. The van der Waals surface area contributed by atoms with Gasteiger partial charge in [-0.3, -0.25) is 4.79 Å². The molecular weight excluding hydrogens is 306 g/mol. The molecule has 3 unspecified atom stereocenters. The molecule has 0 amide bonds. The number of rotatable bonds is 3. The summed E-state index contributed by atoms with van der Waals surface area (Å²) in [7, 11) is 0. The Bertz CT molecular complexity index is 838. The summed E-state index contributed by atoms with van der Waals surface area (Å²) < 4.78 is 5.68. The first-order chi connectivity index (χ1) is 11.3. The molecule has 1 aliphatic rings. The van der Waals surface area contributed by atoms with Crippen molar-refractivity contribution in [1.29, 1.82) is 0 Å². The summed E-state index contributed by atoms with van der Waals surface area (Å²) in [4.78, 5) is 15.2. The van der Waals surface area contributed by atoms with Crippen molar-refractivity contribution in [2.45, 2.75) is 38.6 Å². The van der Waals surface area contributed by atoms with Crippen molar-refractivity contribution >= 4 is 0 Å². The highest BCUT2D eigenvalue weighted by molar-refractivity contribution is 5.73. The van der Waals surface area contributed by atoms with E-state index in [1.807, 2.05) is 30.3 Å². The molecule has 2 aromatic rings. The Labute approximate surface area is 140 Å². The number of aromatic nitrogens is 1. The fraction of sp³-hybridized carbons (Fsp3) is 0.316. The smallest absolute Gasteiger partial charge is 0.256 e. The number of aliphatic hydroxyl groups is 2. The first kappa shape index (κ1) is 16.5. The van der Waals surface area contributed by atoms with E-state index in [-0.39, 0.29) is 5.56 Å². The SMILES string of the molecule is C/C(=C\C1(C)c2c(c(-c3ccccc3)c[nH]c2=O)OC1O)C(C)O. The van der Waals surface area contributed by atoms with Crippen LogP contribution in [0.3, 0.4) is 0 Å². The van der Waals surface area contributed by atoms with Gasteiger partial charge in [0.25, 0.3) is 5.56 Å². The summed E-state index contributed by atoms with van der Waals surface area (Å²) in [6.07, 6.45) is 1.43. The number of aromatic amines is 1. The first-order valence-corrected chi connectivity index (χ1v) is 7.88. The van der Waals surface area contributed by atoms with Gasteiger partial charge in [0, 0.05) is 11.8 Å². The summed E-state index contributed by atoms with van der Waals surface area (Å²) >= 11 is 0. The van der Waals surface area contributed by atoms with Gasteiger partial charge >= 0.3 is 0 Å². The second kappa shape index (κ2) is 5.92. The van der Waals surface area contributed by atoms with Crippen LogP contribution in [0.5, 0.6) is 5.75 Å². The van der Waals surface area contributed by atoms with E-state index >= 15 is 0 Å². The lowest BCUT2D eigenvalue weighted by Gasteiger charge is -2.23. The quantitative estimate of drug-likeness (QED) is 0.756. The first-order valence-electron chi connectivity index (χ1n) is 7.88. The van der Waals surface area contributed by atoms with E-state index < -0.39 is 17.8 Å². The Kier molecular flexibility index (Phi) is 4.07. The van der Waals surface area contributed by atoms with Crippen LogP contribution in [-0.2, 0) is 5.41 Å². The van der Waals surface area contributed by atoms with Crippen molar-refractivity contribution in [2.75, 3.05) is 0 Å². The molecule has 3 atom stereocenters. The monoisotopic (exact) mass is 327 g/mol. The van der Waals surface area contributed by atoms with Crippen LogP contribution in [0.2, 0.25) is 0 Å². The number of benzene rings is 1. The van der Waals surface area contributed by atoms with Crippen LogP contribution in [0.25, 0.3) is 11.1 Å². The van der Waals surface area contributed by atoms with Crippen molar-refractivity contribution in [3.05, 3.63) is 64.1 Å². The van der Waals surface area contributed by atoms with Crippen molar-refractivity contribution in [3.63, 3.8) is 0 Å². The van der Waals surface area contributed by atoms with E-state index in [0.29, 0.717) is 16.9 Å². The normalized spacial score (nSPS) is 24.4. The molecule has 1 aromatic heterocycles. The van der Waals surface area contributed by atoms with Crippen molar-refractivity contribution in [2.24, 2.45) is 0 Å². The van der Waals surface area contributed by atoms with Crippen molar-refractivity contribution in [3.8, 4) is 16.9 Å². The molecule has 5 nitrogen and oxygen atoms in total. The van der Waals surface area contributed by atoms with Gasteiger partial charge in [0.15, 0.2) is 0 Å². The third kappa shape index (κ3) is 2.56. The van der Waals surface area contributed by atoms with Crippen molar-refractivity contribution in [1.82, 2.24) is 4.98 Å².